The molecule has 3 aromatic rings. The minimum absolute atomic E-state index is 0.551. The largest absolute Gasteiger partial charge is 0.495 e. The normalized spacial score (nSPS) is 16.9. The second-order valence-electron chi connectivity index (χ2n) is 6.09. The minimum Gasteiger partial charge on any atom is -0.495 e. The van der Waals surface area contributed by atoms with Crippen molar-refractivity contribution in [3.8, 4) is 22.7 Å². The number of hydrogen-bond acceptors (Lipinski definition) is 5. The fraction of sp³-hybridized carbons (Fsp3) is 0.333. The van der Waals surface area contributed by atoms with Gasteiger partial charge in [0, 0.05) is 17.3 Å². The van der Waals surface area contributed by atoms with Gasteiger partial charge in [-0.15, -0.1) is 0 Å². The average molecular weight is 325 g/mol. The maximum Gasteiger partial charge on any atom is 0.168 e. The highest BCUT2D eigenvalue weighted by molar-refractivity contribution is 5.68. The number of aromatic nitrogens is 3. The van der Waals surface area contributed by atoms with Crippen LogP contribution in [-0.2, 0) is 6.42 Å². The average Bonchev–Trinajstić information content (AvgIpc) is 3.21. The van der Waals surface area contributed by atoms with Gasteiger partial charge in [0.1, 0.15) is 17.5 Å². The molecule has 2 heterocycles. The van der Waals surface area contributed by atoms with E-state index in [9.17, 15) is 5.11 Å². The number of fused-ring (bicyclic) bond motifs is 1. The van der Waals surface area contributed by atoms with E-state index in [0.29, 0.717) is 5.76 Å². The third-order valence-electron chi connectivity index (χ3n) is 4.47. The van der Waals surface area contributed by atoms with Gasteiger partial charge in [0.05, 0.1) is 24.8 Å². The van der Waals surface area contributed by atoms with E-state index < -0.39 is 6.10 Å². The first-order chi connectivity index (χ1) is 11.7. The van der Waals surface area contributed by atoms with E-state index in [1.165, 1.54) is 0 Å². The molecule has 1 unspecified atom stereocenters. The summed E-state index contributed by atoms with van der Waals surface area (Å²) >= 11 is 0. The van der Waals surface area contributed by atoms with Gasteiger partial charge in [0.25, 0.3) is 0 Å². The number of ether oxygens (including phenoxy) is 1. The van der Waals surface area contributed by atoms with Crippen molar-refractivity contribution in [2.75, 3.05) is 7.11 Å². The van der Waals surface area contributed by atoms with Gasteiger partial charge in [-0.05, 0) is 38.3 Å². The lowest BCUT2D eigenvalue weighted by atomic mass is 9.92. The second-order valence-corrected chi connectivity index (χ2v) is 6.09. The Hall–Kier alpha value is -2.60. The monoisotopic (exact) mass is 325 g/mol. The van der Waals surface area contributed by atoms with Gasteiger partial charge >= 0.3 is 0 Å². The van der Waals surface area contributed by atoms with Gasteiger partial charge < -0.3 is 18.9 Å². The Morgan fingerprint density at radius 2 is 2.25 bits per heavy atom. The molecule has 0 amide bonds. The summed E-state index contributed by atoms with van der Waals surface area (Å²) in [7, 11) is 1.65. The molecule has 124 valence electrons. The molecular formula is C18H19N3O3. The fourth-order valence-electron chi connectivity index (χ4n) is 3.25. The Morgan fingerprint density at radius 1 is 1.38 bits per heavy atom. The molecule has 2 aromatic heterocycles. The van der Waals surface area contributed by atoms with E-state index in [2.05, 4.69) is 10.1 Å². The number of hydrogen-bond donors (Lipinski definition) is 1. The number of benzene rings is 1. The first-order valence-electron chi connectivity index (χ1n) is 8.03. The summed E-state index contributed by atoms with van der Waals surface area (Å²) in [4.78, 5) is 4.26. The lowest BCUT2D eigenvalue weighted by molar-refractivity contribution is 0.120. The van der Waals surface area contributed by atoms with Gasteiger partial charge in [0.15, 0.2) is 5.76 Å². The van der Waals surface area contributed by atoms with Gasteiger partial charge in [-0.25, -0.2) is 4.98 Å². The lowest BCUT2D eigenvalue weighted by Crippen LogP contribution is -2.07. The Labute approximate surface area is 139 Å². The summed E-state index contributed by atoms with van der Waals surface area (Å²) < 4.78 is 12.9. The molecule has 0 fully saturated rings. The standard InChI is InChI=1S/C18H19N3O3/c1-11-9-21(10-19-11)14-7-6-12(8-16(14)23-2)17-13-4-3-5-15(22)18(13)24-20-17/h6-10,15,22H,3-5H2,1-2H3. The molecule has 1 atom stereocenters. The van der Waals surface area contributed by atoms with Crippen LogP contribution >= 0.6 is 0 Å². The number of aliphatic hydroxyl groups excluding tert-OH is 1. The lowest BCUT2D eigenvalue weighted by Gasteiger charge is -2.15. The molecule has 1 aliphatic rings. The summed E-state index contributed by atoms with van der Waals surface area (Å²) in [6.45, 7) is 1.95. The molecule has 0 bridgehead atoms. The van der Waals surface area contributed by atoms with Crippen molar-refractivity contribution in [3.05, 3.63) is 47.7 Å². The zero-order valence-corrected chi connectivity index (χ0v) is 13.7. The van der Waals surface area contributed by atoms with Crippen LogP contribution in [0, 0.1) is 6.92 Å². The smallest absolute Gasteiger partial charge is 0.168 e. The highest BCUT2D eigenvalue weighted by Gasteiger charge is 2.27. The van der Waals surface area contributed by atoms with Crippen LogP contribution in [0.15, 0.2) is 35.2 Å². The third kappa shape index (κ3) is 2.39. The van der Waals surface area contributed by atoms with Crippen LogP contribution in [-0.4, -0.2) is 26.9 Å². The van der Waals surface area contributed by atoms with Crippen molar-refractivity contribution < 1.29 is 14.4 Å². The molecule has 24 heavy (non-hydrogen) atoms. The summed E-state index contributed by atoms with van der Waals surface area (Å²) in [5, 5.41) is 14.2. The van der Waals surface area contributed by atoms with Gasteiger partial charge in [-0.1, -0.05) is 11.2 Å². The van der Waals surface area contributed by atoms with Gasteiger partial charge in [-0.2, -0.15) is 0 Å². The Balaban J connectivity index is 1.78. The van der Waals surface area contributed by atoms with E-state index in [-0.39, 0.29) is 0 Å². The van der Waals surface area contributed by atoms with E-state index in [0.717, 1.165) is 53.2 Å². The summed E-state index contributed by atoms with van der Waals surface area (Å²) in [5.74, 6) is 1.34. The molecule has 4 rings (SSSR count). The molecule has 0 saturated heterocycles. The SMILES string of the molecule is COc1cc(-c2noc3c2CCCC3O)ccc1-n1cnc(C)c1. The van der Waals surface area contributed by atoms with Crippen molar-refractivity contribution in [2.24, 2.45) is 0 Å². The van der Waals surface area contributed by atoms with Crippen LogP contribution in [0.1, 0.15) is 36.0 Å². The van der Waals surface area contributed by atoms with E-state index in [1.54, 1.807) is 13.4 Å². The Bertz CT molecular complexity index is 882. The highest BCUT2D eigenvalue weighted by atomic mass is 16.5. The first kappa shape index (κ1) is 15.0. The van der Waals surface area contributed by atoms with Crippen molar-refractivity contribution in [3.63, 3.8) is 0 Å². The van der Waals surface area contributed by atoms with Gasteiger partial charge in [0.2, 0.25) is 0 Å². The van der Waals surface area contributed by atoms with E-state index in [4.69, 9.17) is 9.26 Å². The highest BCUT2D eigenvalue weighted by Crippen LogP contribution is 2.37. The molecule has 1 N–H and O–H groups in total. The van der Waals surface area contributed by atoms with Crippen molar-refractivity contribution in [1.29, 1.82) is 0 Å². The van der Waals surface area contributed by atoms with E-state index in [1.807, 2.05) is 35.9 Å². The first-order valence-corrected chi connectivity index (χ1v) is 8.03. The van der Waals surface area contributed by atoms with Crippen LogP contribution in [0.2, 0.25) is 0 Å². The Kier molecular flexibility index (Phi) is 3.61. The zero-order chi connectivity index (χ0) is 16.7. The summed E-state index contributed by atoms with van der Waals surface area (Å²) in [6, 6.07) is 5.92. The molecule has 6 heteroatoms. The quantitative estimate of drug-likeness (QED) is 0.800. The number of aliphatic hydroxyl groups is 1. The van der Waals surface area contributed by atoms with Crippen LogP contribution in [0.4, 0.5) is 0 Å². The molecule has 1 aliphatic carbocycles. The van der Waals surface area contributed by atoms with Crippen LogP contribution < -0.4 is 4.74 Å². The molecule has 6 nitrogen and oxygen atoms in total. The predicted octanol–water partition coefficient (Wildman–Crippen LogP) is 3.21. The van der Waals surface area contributed by atoms with Gasteiger partial charge in [-0.3, -0.25) is 0 Å². The maximum absolute atomic E-state index is 10.0. The van der Waals surface area contributed by atoms with E-state index >= 15 is 0 Å². The molecular weight excluding hydrogens is 306 g/mol. The van der Waals surface area contributed by atoms with Crippen LogP contribution in [0.5, 0.6) is 5.75 Å². The van der Waals surface area contributed by atoms with Crippen LogP contribution in [0.3, 0.4) is 0 Å². The molecule has 0 spiro atoms. The van der Waals surface area contributed by atoms with Crippen molar-refractivity contribution in [2.45, 2.75) is 32.3 Å². The molecule has 1 aromatic carbocycles. The molecule has 0 saturated carbocycles. The number of nitrogens with zero attached hydrogens (tertiary/aromatic N) is 3. The summed E-state index contributed by atoms with van der Waals surface area (Å²) in [5.41, 5.74) is 4.57. The summed E-state index contributed by atoms with van der Waals surface area (Å²) in [6.07, 6.45) is 5.70. The molecule has 0 aliphatic heterocycles. The Morgan fingerprint density at radius 3 is 3.00 bits per heavy atom. The third-order valence-corrected chi connectivity index (χ3v) is 4.47. The minimum atomic E-state index is -0.551. The second kappa shape index (κ2) is 5.79. The predicted molar refractivity (Wildman–Crippen MR) is 88.2 cm³/mol. The number of imidazole rings is 1. The van der Waals surface area contributed by atoms with Crippen molar-refractivity contribution in [1.82, 2.24) is 14.7 Å². The number of methoxy groups -OCH3 is 1. The number of rotatable bonds is 3. The maximum atomic E-state index is 10.0. The van der Waals surface area contributed by atoms with Crippen LogP contribution in [0.25, 0.3) is 16.9 Å². The number of aryl methyl sites for hydroxylation is 1. The van der Waals surface area contributed by atoms with Crippen molar-refractivity contribution >= 4 is 0 Å². The molecule has 0 radical (unpaired) electrons. The zero-order valence-electron chi connectivity index (χ0n) is 13.7. The fourth-order valence-corrected chi connectivity index (χ4v) is 3.25. The topological polar surface area (TPSA) is 73.3 Å².